The number of nitrogens with zero attached hydrogens (tertiary/aromatic N) is 2. The van der Waals surface area contributed by atoms with Gasteiger partial charge in [0.2, 0.25) is 0 Å². The molecule has 2 rings (SSSR count). The van der Waals surface area contributed by atoms with Crippen LogP contribution < -0.4 is 0 Å². The molecule has 3 heteroatoms. The van der Waals surface area contributed by atoms with Gasteiger partial charge in [-0.25, -0.2) is 0 Å². The van der Waals surface area contributed by atoms with Crippen LogP contribution in [-0.4, -0.2) is 14.8 Å². The minimum Gasteiger partial charge on any atom is -0.261 e. The Hall–Kier alpha value is -0.440. The van der Waals surface area contributed by atoms with Gasteiger partial charge in [-0.15, -0.1) is 0 Å². The fraction of sp³-hybridized carbons (Fsp3) is 0.600. The van der Waals surface area contributed by atoms with Crippen molar-refractivity contribution in [3.63, 3.8) is 0 Å². The third-order valence-electron chi connectivity index (χ3n) is 2.61. The molecule has 0 radical (unpaired) electrons. The van der Waals surface area contributed by atoms with Crippen LogP contribution in [0.15, 0.2) is 18.6 Å². The van der Waals surface area contributed by atoms with Crippen molar-refractivity contribution in [2.45, 2.75) is 36.4 Å². The molecule has 0 aromatic carbocycles. The summed E-state index contributed by atoms with van der Waals surface area (Å²) in [6, 6.07) is 0. The Morgan fingerprint density at radius 1 is 1.31 bits per heavy atom. The lowest BCUT2D eigenvalue weighted by atomic mass is 9.87. The summed E-state index contributed by atoms with van der Waals surface area (Å²) in [4.78, 5) is 9.13. The van der Waals surface area contributed by atoms with E-state index >= 15 is 0 Å². The summed E-state index contributed by atoms with van der Waals surface area (Å²) in [5.41, 5.74) is 1.16. The van der Waals surface area contributed by atoms with Gasteiger partial charge in [0, 0.05) is 29.3 Å². The van der Waals surface area contributed by atoms with Gasteiger partial charge in [-0.1, -0.05) is 22.4 Å². The molecule has 1 aromatic heterocycles. The largest absolute Gasteiger partial charge is 0.261 e. The number of rotatable bonds is 1. The zero-order valence-electron chi connectivity index (χ0n) is 7.49. The molecule has 2 nitrogen and oxygen atoms in total. The lowest BCUT2D eigenvalue weighted by Crippen LogP contribution is -2.14. The van der Waals surface area contributed by atoms with E-state index in [4.69, 9.17) is 0 Å². The van der Waals surface area contributed by atoms with Crippen molar-refractivity contribution in [3.8, 4) is 0 Å². The molecule has 1 fully saturated rings. The highest BCUT2D eigenvalue weighted by Gasteiger charge is 2.22. The Bertz CT molecular complexity index is 263. The van der Waals surface area contributed by atoms with Gasteiger partial charge in [0.25, 0.3) is 0 Å². The lowest BCUT2D eigenvalue weighted by Gasteiger charge is -2.24. The summed E-state index contributed by atoms with van der Waals surface area (Å²) in [5.74, 6) is 0.617. The quantitative estimate of drug-likeness (QED) is 0.706. The van der Waals surface area contributed by atoms with Gasteiger partial charge in [0.1, 0.15) is 0 Å². The number of aromatic nitrogens is 2. The summed E-state index contributed by atoms with van der Waals surface area (Å²) in [6.07, 6.45) is 10.5. The van der Waals surface area contributed by atoms with Crippen LogP contribution in [0.25, 0.3) is 0 Å². The minimum atomic E-state index is 0.617. The fourth-order valence-corrected chi connectivity index (χ4v) is 2.70. The van der Waals surface area contributed by atoms with Gasteiger partial charge in [-0.3, -0.25) is 9.97 Å². The molecule has 2 unspecified atom stereocenters. The van der Waals surface area contributed by atoms with Crippen LogP contribution in [-0.2, 0) is 0 Å². The molecule has 70 valence electrons. The van der Waals surface area contributed by atoms with E-state index in [1.807, 2.05) is 6.20 Å². The average Bonchev–Trinajstić information content (AvgIpc) is 2.19. The molecular weight excluding hydrogens is 228 g/mol. The van der Waals surface area contributed by atoms with Gasteiger partial charge < -0.3 is 0 Å². The molecule has 0 N–H and O–H groups in total. The van der Waals surface area contributed by atoms with Crippen molar-refractivity contribution in [2.75, 3.05) is 0 Å². The molecular formula is C10H13BrN2. The molecule has 1 saturated carbocycles. The summed E-state index contributed by atoms with van der Waals surface area (Å²) < 4.78 is 0. The number of alkyl halides is 1. The zero-order chi connectivity index (χ0) is 9.10. The third-order valence-corrected chi connectivity index (χ3v) is 3.44. The first kappa shape index (κ1) is 9.13. The highest BCUT2D eigenvalue weighted by atomic mass is 79.9. The van der Waals surface area contributed by atoms with Crippen molar-refractivity contribution in [3.05, 3.63) is 24.3 Å². The van der Waals surface area contributed by atoms with E-state index in [0.717, 1.165) is 5.69 Å². The van der Waals surface area contributed by atoms with Gasteiger partial charge in [0.05, 0.1) is 5.69 Å². The fourth-order valence-electron chi connectivity index (χ4n) is 1.92. The molecule has 0 bridgehead atoms. The zero-order valence-corrected chi connectivity index (χ0v) is 9.07. The van der Waals surface area contributed by atoms with E-state index in [1.54, 1.807) is 12.4 Å². The van der Waals surface area contributed by atoms with Crippen molar-refractivity contribution >= 4 is 15.9 Å². The molecule has 1 aromatic rings. The molecule has 2 atom stereocenters. The summed E-state index contributed by atoms with van der Waals surface area (Å²) in [5, 5.41) is 0. The highest BCUT2D eigenvalue weighted by Crippen LogP contribution is 2.34. The topological polar surface area (TPSA) is 25.8 Å². The van der Waals surface area contributed by atoms with Crippen LogP contribution in [0.5, 0.6) is 0 Å². The van der Waals surface area contributed by atoms with Gasteiger partial charge in [-0.05, 0) is 19.3 Å². The normalized spacial score (nSPS) is 28.7. The Labute approximate surface area is 86.9 Å². The van der Waals surface area contributed by atoms with Crippen molar-refractivity contribution in [1.29, 1.82) is 0 Å². The van der Waals surface area contributed by atoms with Crippen LogP contribution in [0.3, 0.4) is 0 Å². The Morgan fingerprint density at radius 2 is 2.23 bits per heavy atom. The average molecular weight is 241 g/mol. The standard InChI is InChI=1S/C10H13BrN2/c11-9-3-1-2-8(6-9)10-7-12-4-5-13-10/h4-5,7-9H,1-3,6H2. The van der Waals surface area contributed by atoms with E-state index in [-0.39, 0.29) is 0 Å². The Balaban J connectivity index is 2.08. The molecule has 0 spiro atoms. The number of hydrogen-bond acceptors (Lipinski definition) is 2. The van der Waals surface area contributed by atoms with E-state index in [0.29, 0.717) is 10.7 Å². The maximum Gasteiger partial charge on any atom is 0.0617 e. The van der Waals surface area contributed by atoms with Crippen LogP contribution >= 0.6 is 15.9 Å². The maximum atomic E-state index is 4.35. The Morgan fingerprint density at radius 3 is 2.92 bits per heavy atom. The summed E-state index contributed by atoms with van der Waals surface area (Å²) in [7, 11) is 0. The predicted octanol–water partition coefficient (Wildman–Crippen LogP) is 2.90. The molecule has 1 aliphatic rings. The van der Waals surface area contributed by atoms with E-state index in [9.17, 15) is 0 Å². The van der Waals surface area contributed by atoms with Crippen LogP contribution in [0.1, 0.15) is 37.3 Å². The second kappa shape index (κ2) is 4.18. The molecule has 1 aliphatic carbocycles. The molecule has 0 aliphatic heterocycles. The summed E-state index contributed by atoms with van der Waals surface area (Å²) in [6.45, 7) is 0. The minimum absolute atomic E-state index is 0.617. The molecule has 0 saturated heterocycles. The smallest absolute Gasteiger partial charge is 0.0617 e. The van der Waals surface area contributed by atoms with E-state index in [2.05, 4.69) is 25.9 Å². The number of halogens is 1. The second-order valence-electron chi connectivity index (χ2n) is 3.59. The summed E-state index contributed by atoms with van der Waals surface area (Å²) >= 11 is 3.68. The monoisotopic (exact) mass is 240 g/mol. The molecule has 1 heterocycles. The first-order valence-corrected chi connectivity index (χ1v) is 5.68. The number of hydrogen-bond donors (Lipinski definition) is 0. The van der Waals surface area contributed by atoms with Gasteiger partial charge >= 0.3 is 0 Å². The highest BCUT2D eigenvalue weighted by molar-refractivity contribution is 9.09. The second-order valence-corrected chi connectivity index (χ2v) is 4.89. The third kappa shape index (κ3) is 2.27. The predicted molar refractivity (Wildman–Crippen MR) is 56.0 cm³/mol. The van der Waals surface area contributed by atoms with Crippen molar-refractivity contribution in [2.24, 2.45) is 0 Å². The van der Waals surface area contributed by atoms with Crippen molar-refractivity contribution < 1.29 is 0 Å². The van der Waals surface area contributed by atoms with Crippen LogP contribution in [0.2, 0.25) is 0 Å². The van der Waals surface area contributed by atoms with Crippen LogP contribution in [0.4, 0.5) is 0 Å². The van der Waals surface area contributed by atoms with Gasteiger partial charge in [0.15, 0.2) is 0 Å². The van der Waals surface area contributed by atoms with E-state index < -0.39 is 0 Å². The Kier molecular flexibility index (Phi) is 2.94. The van der Waals surface area contributed by atoms with Gasteiger partial charge in [-0.2, -0.15) is 0 Å². The first-order chi connectivity index (χ1) is 6.36. The van der Waals surface area contributed by atoms with Crippen molar-refractivity contribution in [1.82, 2.24) is 9.97 Å². The molecule has 0 amide bonds. The van der Waals surface area contributed by atoms with E-state index in [1.165, 1.54) is 25.7 Å². The SMILES string of the molecule is BrC1CCCC(c2cnccn2)C1. The lowest BCUT2D eigenvalue weighted by molar-refractivity contribution is 0.449. The maximum absolute atomic E-state index is 4.35. The molecule has 13 heavy (non-hydrogen) atoms. The van der Waals surface area contributed by atoms with Crippen LogP contribution in [0, 0.1) is 0 Å². The first-order valence-electron chi connectivity index (χ1n) is 4.76.